The molecule has 0 radical (unpaired) electrons. The Morgan fingerprint density at radius 1 is 0.315 bits per heavy atom. The number of aromatic carboxylic acids is 2. The molecule has 4 aliphatic carbocycles. The fourth-order valence-electron chi connectivity index (χ4n) is 22.3. The number of carboxylic acid groups (broad SMARTS) is 2. The first-order chi connectivity index (χ1) is 72.6. The predicted octanol–water partition coefficient (Wildman–Crippen LogP) is 26.7. The predicted molar refractivity (Wildman–Crippen MR) is 570 cm³/mol. The summed E-state index contributed by atoms with van der Waals surface area (Å²) < 4.78 is 40.9. The third kappa shape index (κ3) is 19.6. The Kier molecular flexibility index (Phi) is 28.0. The van der Waals surface area contributed by atoms with Crippen LogP contribution in [0.25, 0.3) is 133 Å². The Hall–Kier alpha value is -17.0. The second-order valence-electron chi connectivity index (χ2n) is 39.5. The zero-order valence-electron chi connectivity index (χ0n) is 84.8. The van der Waals surface area contributed by atoms with Crippen molar-refractivity contribution in [2.75, 3.05) is 14.2 Å². The fourth-order valence-corrected chi connectivity index (χ4v) is 22.3. The molecule has 20 aromatic rings. The highest BCUT2D eigenvalue weighted by molar-refractivity contribution is 6.01. The zero-order valence-corrected chi connectivity index (χ0v) is 84.8. The molecule has 149 heavy (non-hydrogen) atoms. The van der Waals surface area contributed by atoms with E-state index in [0.717, 1.165) is 233 Å². The monoisotopic (exact) mass is 1980 g/mol. The van der Waals surface area contributed by atoms with Gasteiger partial charge in [-0.15, -0.1) is 0 Å². The van der Waals surface area contributed by atoms with Crippen LogP contribution in [-0.2, 0) is 20.7 Å². The average molecular weight is 1980 g/mol. The van der Waals surface area contributed by atoms with Crippen LogP contribution in [0.1, 0.15) is 219 Å². The van der Waals surface area contributed by atoms with Gasteiger partial charge >= 0.3 is 23.9 Å². The van der Waals surface area contributed by atoms with Crippen molar-refractivity contribution in [1.82, 2.24) is 78.8 Å². The lowest BCUT2D eigenvalue weighted by molar-refractivity contribution is -0.139. The van der Waals surface area contributed by atoms with E-state index in [1.165, 1.54) is 78.4 Å². The number of rotatable bonds is 25. The number of pyridine rings is 8. The van der Waals surface area contributed by atoms with E-state index in [9.17, 15) is 29.4 Å². The maximum atomic E-state index is 12.0. The molecule has 4 fully saturated rings. The standard InChI is InChI=1S/2C31H30N4O3.C30H28N4O3.C29H26N4O3/c1-19-29(20(2)38-34-19)24-16-27-30(33-17-24)25(22-12-10-21(11-13-22)15-28(36)37-3)18-35(27)31(23-7-6-8-23)26-9-4-5-14-32-26;1-19-28(20(2)38-34-19)24-16-27-29(33-17-24)25(21-11-13-23(14-12-21)31(36)37)18-35(27)30(22-8-4-3-5-9-22)26-10-6-7-15-32-26;1-18-27(19(2)37-33-18)23-15-26-28(32-16-23)24(20-10-12-22(13-11-20)30(35)36-3)17-34(26)29(21-7-6-8-21)25-9-4-5-14-31-25;1-17-26(18(2)36-32-17)22-14-25-27(31-15-22)23(19-9-11-21(12-10-19)29(34)35)16-33(25)28(20-6-5-7-20)24-8-3-4-13-30-24/h4-5,9-14,16-18,23,31H,6-8,15H2,1-3H3;6-7,10-18,22,30H,3-5,8-9H2,1-2H3,(H,36,37);4-5,9-17,21,29H,6-8H2,1-3H3;3-4,8-16,20,28H,5-7H2,1-2H3,(H,34,35). The molecular weight excluding hydrogens is 1870 g/mol. The number of methoxy groups -OCH3 is 2. The lowest BCUT2D eigenvalue weighted by Gasteiger charge is -2.35. The molecule has 0 spiro atoms. The number of hydrogen-bond donors (Lipinski definition) is 2. The Labute approximate surface area is 860 Å². The highest BCUT2D eigenvalue weighted by atomic mass is 16.5. The van der Waals surface area contributed by atoms with Crippen molar-refractivity contribution >= 4 is 68.0 Å². The lowest BCUT2D eigenvalue weighted by Crippen LogP contribution is -2.26. The van der Waals surface area contributed by atoms with E-state index in [1.54, 1.807) is 36.4 Å². The summed E-state index contributed by atoms with van der Waals surface area (Å²) in [5.74, 6) is 2.56. The number of esters is 2. The van der Waals surface area contributed by atoms with Gasteiger partial charge in [0.05, 0.1) is 151 Å². The average Bonchev–Trinajstić information content (AvgIpc) is 1.61. The molecule has 0 saturated heterocycles. The van der Waals surface area contributed by atoms with E-state index in [0.29, 0.717) is 29.2 Å². The van der Waals surface area contributed by atoms with Crippen molar-refractivity contribution in [2.45, 2.75) is 176 Å². The van der Waals surface area contributed by atoms with Crippen LogP contribution in [0.2, 0.25) is 0 Å². The number of carbonyl (C=O) groups is 4. The molecule has 28 nitrogen and oxygen atoms in total. The van der Waals surface area contributed by atoms with Crippen LogP contribution in [0.3, 0.4) is 0 Å². The molecule has 16 heterocycles. The van der Waals surface area contributed by atoms with Gasteiger partial charge in [-0.05, 0) is 267 Å². The van der Waals surface area contributed by atoms with Gasteiger partial charge in [0.2, 0.25) is 0 Å². The third-order valence-electron chi connectivity index (χ3n) is 30.4. The Morgan fingerprint density at radius 2 is 0.577 bits per heavy atom. The number of carbonyl (C=O) groups excluding carboxylic acids is 2. The molecule has 24 rings (SSSR count). The van der Waals surface area contributed by atoms with Crippen molar-refractivity contribution in [3.8, 4) is 89.0 Å². The number of benzene rings is 4. The molecule has 16 aromatic heterocycles. The fraction of sp³-hybridized carbons (Fsp3) is 0.273. The molecule has 4 saturated carbocycles. The van der Waals surface area contributed by atoms with Crippen LogP contribution in [0.15, 0.2) is 287 Å². The van der Waals surface area contributed by atoms with Crippen molar-refractivity contribution in [3.63, 3.8) is 0 Å². The normalized spacial score (nSPS) is 14.6. The van der Waals surface area contributed by atoms with Crippen LogP contribution in [0.5, 0.6) is 0 Å². The van der Waals surface area contributed by atoms with Gasteiger partial charge in [0.15, 0.2) is 0 Å². The molecule has 750 valence electrons. The van der Waals surface area contributed by atoms with Crippen molar-refractivity contribution in [2.24, 2.45) is 23.7 Å². The summed E-state index contributed by atoms with van der Waals surface area (Å²) >= 11 is 0. The number of aromatic nitrogens is 16. The van der Waals surface area contributed by atoms with Crippen LogP contribution in [0.4, 0.5) is 0 Å². The third-order valence-corrected chi connectivity index (χ3v) is 30.4. The summed E-state index contributed by atoms with van der Waals surface area (Å²) in [5, 5.41) is 35.4. The van der Waals surface area contributed by atoms with E-state index in [-0.39, 0.29) is 53.7 Å². The molecule has 28 heteroatoms. The van der Waals surface area contributed by atoms with Crippen LogP contribution >= 0.6 is 0 Å². The van der Waals surface area contributed by atoms with Gasteiger partial charge < -0.3 is 56.0 Å². The van der Waals surface area contributed by atoms with E-state index in [1.807, 2.05) is 184 Å². The molecule has 4 aromatic carbocycles. The van der Waals surface area contributed by atoms with E-state index < -0.39 is 11.9 Å². The Balaban J connectivity index is 0.000000116. The van der Waals surface area contributed by atoms with Gasteiger partial charge in [-0.1, -0.05) is 144 Å². The first kappa shape index (κ1) is 98.0. The maximum absolute atomic E-state index is 12.0. The first-order valence-electron chi connectivity index (χ1n) is 51.0. The van der Waals surface area contributed by atoms with Gasteiger partial charge in [0, 0.05) is 141 Å². The van der Waals surface area contributed by atoms with Gasteiger partial charge in [0.25, 0.3) is 0 Å². The summed E-state index contributed by atoms with van der Waals surface area (Å²) in [6.45, 7) is 15.5. The van der Waals surface area contributed by atoms with Gasteiger partial charge in [-0.3, -0.25) is 44.7 Å². The number of ether oxygens (including phenoxy) is 2. The maximum Gasteiger partial charge on any atom is 0.337 e. The smallest absolute Gasteiger partial charge is 0.337 e. The zero-order chi connectivity index (χ0) is 103. The molecule has 4 unspecified atom stereocenters. The summed E-state index contributed by atoms with van der Waals surface area (Å²) in [6.07, 6.45) is 40.7. The van der Waals surface area contributed by atoms with E-state index in [2.05, 4.69) is 143 Å². The van der Waals surface area contributed by atoms with Crippen molar-refractivity contribution < 1.29 is 57.0 Å². The topological polar surface area (TPSA) is 354 Å². The SMILES string of the molecule is COC(=O)Cc1ccc(-c2cn(C(c3ccccn3)C3CCC3)c3cc(-c4c(C)noc4C)cnc23)cc1.COC(=O)c1ccc(-c2cn(C(c3ccccn3)C3CCC3)c3cc(-c4c(C)noc4C)cnc23)cc1.Cc1noc(C)c1-c1cnc2c(-c3ccc(C(=O)O)cc3)cn(C(c3ccccn3)C3CCC3)c2c1.Cc1noc(C)c1-c1cnc2c(-c3ccc(C(=O)O)cc3)cn(C(c3ccccn3)C3CCCCC3)c2c1. The van der Waals surface area contributed by atoms with Gasteiger partial charge in [0.1, 0.15) is 23.0 Å². The number of carboxylic acids is 2. The molecular formula is C121H114N16O12. The lowest BCUT2D eigenvalue weighted by atomic mass is 9.78. The molecule has 4 aliphatic rings. The molecule has 0 bridgehead atoms. The summed E-state index contributed by atoms with van der Waals surface area (Å²) in [5.41, 5.74) is 32.9. The largest absolute Gasteiger partial charge is 0.478 e. The second-order valence-corrected chi connectivity index (χ2v) is 39.5. The highest BCUT2D eigenvalue weighted by Crippen LogP contribution is 2.51. The molecule has 0 aliphatic heterocycles. The Bertz CT molecular complexity index is 8190. The number of hydrogen-bond acceptors (Lipinski definition) is 22. The van der Waals surface area contributed by atoms with E-state index >= 15 is 0 Å². The minimum Gasteiger partial charge on any atom is -0.478 e. The summed E-state index contributed by atoms with van der Waals surface area (Å²) in [4.78, 5) is 85.6. The minimum atomic E-state index is -0.939. The minimum absolute atomic E-state index is 0.0627. The van der Waals surface area contributed by atoms with Crippen molar-refractivity contribution in [1.29, 1.82) is 0 Å². The Morgan fingerprint density at radius 3 is 0.799 bits per heavy atom. The quantitative estimate of drug-likeness (QED) is 0.0502. The van der Waals surface area contributed by atoms with Crippen molar-refractivity contribution in [3.05, 3.63) is 359 Å². The summed E-state index contributed by atoms with van der Waals surface area (Å²) in [7, 11) is 2.80. The van der Waals surface area contributed by atoms with Crippen LogP contribution in [-0.4, -0.2) is 127 Å². The molecule has 0 amide bonds. The highest BCUT2D eigenvalue weighted by Gasteiger charge is 2.39. The number of nitrogens with zero attached hydrogens (tertiary/aromatic N) is 16. The first-order valence-corrected chi connectivity index (χ1v) is 51.0. The molecule has 4 atom stereocenters. The number of fused-ring (bicyclic) bond motifs is 4. The number of aryl methyl sites for hydroxylation is 8. The van der Waals surface area contributed by atoms with Gasteiger partial charge in [-0.2, -0.15) is 0 Å². The second kappa shape index (κ2) is 42.6. The van der Waals surface area contributed by atoms with E-state index in [4.69, 9.17) is 67.4 Å². The van der Waals surface area contributed by atoms with Gasteiger partial charge in [-0.25, -0.2) is 14.4 Å². The summed E-state index contributed by atoms with van der Waals surface area (Å²) in [6, 6.07) is 63.2. The van der Waals surface area contributed by atoms with Crippen LogP contribution in [0, 0.1) is 79.1 Å². The van der Waals surface area contributed by atoms with Crippen LogP contribution < -0.4 is 0 Å². The molecule has 2 N–H and O–H groups in total.